The molecule has 0 fully saturated rings. The Hall–Kier alpha value is -4.30. The molecule has 0 saturated carbocycles. The van der Waals surface area contributed by atoms with Gasteiger partial charge in [0.05, 0.1) is 22.1 Å². The lowest BCUT2D eigenvalue weighted by molar-refractivity contribution is -0.385. The van der Waals surface area contributed by atoms with Crippen molar-refractivity contribution in [1.82, 2.24) is 0 Å². The van der Waals surface area contributed by atoms with Crippen molar-refractivity contribution in [1.29, 1.82) is 5.26 Å². The molecule has 11 heteroatoms. The molecule has 9 nitrogen and oxygen atoms in total. The number of carbonyl (C=O) groups is 1. The van der Waals surface area contributed by atoms with Crippen LogP contribution in [-0.2, 0) is 21.5 Å². The van der Waals surface area contributed by atoms with Gasteiger partial charge in [0, 0.05) is 17.7 Å². The maximum atomic E-state index is 13.8. The Kier molecular flexibility index (Phi) is 6.46. The Bertz CT molecular complexity index is 1330. The summed E-state index contributed by atoms with van der Waals surface area (Å²) in [5.41, 5.74) is -0.129. The van der Waals surface area contributed by atoms with E-state index in [0.717, 1.165) is 24.3 Å². The van der Waals surface area contributed by atoms with Crippen molar-refractivity contribution in [2.45, 2.75) is 11.5 Å². The Morgan fingerprint density at radius 2 is 1.81 bits per heavy atom. The van der Waals surface area contributed by atoms with Crippen LogP contribution in [0.1, 0.15) is 21.5 Å². The molecule has 3 aromatic carbocycles. The molecule has 0 spiro atoms. The van der Waals surface area contributed by atoms with E-state index in [0.29, 0.717) is 0 Å². The predicted molar refractivity (Wildman–Crippen MR) is 108 cm³/mol. The smallest absolute Gasteiger partial charge is 0.339 e. The van der Waals surface area contributed by atoms with E-state index in [4.69, 9.17) is 14.2 Å². The molecule has 0 saturated heterocycles. The van der Waals surface area contributed by atoms with Crippen LogP contribution in [0, 0.1) is 27.3 Å². The summed E-state index contributed by atoms with van der Waals surface area (Å²) < 4.78 is 48.4. The summed E-state index contributed by atoms with van der Waals surface area (Å²) in [7, 11) is -4.35. The van der Waals surface area contributed by atoms with Crippen molar-refractivity contribution in [3.63, 3.8) is 0 Å². The zero-order valence-electron chi connectivity index (χ0n) is 16.1. The summed E-state index contributed by atoms with van der Waals surface area (Å²) in [6.45, 7) is -0.403. The maximum absolute atomic E-state index is 13.8. The highest BCUT2D eigenvalue weighted by molar-refractivity contribution is 7.87. The lowest BCUT2D eigenvalue weighted by Gasteiger charge is -2.09. The molecule has 0 radical (unpaired) electrons. The largest absolute Gasteiger partial charge is 0.457 e. The highest BCUT2D eigenvalue weighted by atomic mass is 32.2. The minimum Gasteiger partial charge on any atom is -0.457 e. The molecule has 0 N–H and O–H groups in total. The van der Waals surface area contributed by atoms with Crippen LogP contribution in [0.25, 0.3) is 0 Å². The Morgan fingerprint density at radius 3 is 2.47 bits per heavy atom. The number of hydrogen-bond donors (Lipinski definition) is 0. The molecular weight excluding hydrogens is 443 g/mol. The normalized spacial score (nSPS) is 10.8. The van der Waals surface area contributed by atoms with Gasteiger partial charge in [-0.15, -0.1) is 0 Å². The predicted octanol–water partition coefficient (Wildman–Crippen LogP) is 3.73. The molecule has 3 aromatic rings. The molecule has 32 heavy (non-hydrogen) atoms. The summed E-state index contributed by atoms with van der Waals surface area (Å²) >= 11 is 0. The average Bonchev–Trinajstić information content (AvgIpc) is 2.78. The van der Waals surface area contributed by atoms with Gasteiger partial charge >= 0.3 is 16.1 Å². The van der Waals surface area contributed by atoms with Gasteiger partial charge < -0.3 is 8.92 Å². The van der Waals surface area contributed by atoms with Crippen LogP contribution in [0.3, 0.4) is 0 Å². The number of nitro groups is 1. The third-order valence-corrected chi connectivity index (χ3v) is 5.39. The maximum Gasteiger partial charge on any atom is 0.339 e. The lowest BCUT2D eigenvalue weighted by Crippen LogP contribution is -2.10. The first kappa shape index (κ1) is 22.4. The van der Waals surface area contributed by atoms with Crippen LogP contribution in [0.2, 0.25) is 0 Å². The second-order valence-corrected chi connectivity index (χ2v) is 7.86. The lowest BCUT2D eigenvalue weighted by atomic mass is 10.1. The first-order valence-corrected chi connectivity index (χ1v) is 10.2. The number of esters is 1. The van der Waals surface area contributed by atoms with Gasteiger partial charge in [-0.25, -0.2) is 9.18 Å². The van der Waals surface area contributed by atoms with Gasteiger partial charge in [-0.05, 0) is 48.5 Å². The molecule has 0 aromatic heterocycles. The molecule has 0 heterocycles. The second-order valence-electron chi connectivity index (χ2n) is 6.31. The average molecular weight is 456 g/mol. The standard InChI is InChI=1S/C21H13FN2O7S/c22-20-9-4-14(12-23)10-16(20)13-30-21(25)15-5-7-18(8-6-15)31-32(28,29)19-3-1-2-17(11-19)24(26)27/h1-11H,13H2. The van der Waals surface area contributed by atoms with Crippen LogP contribution in [0.4, 0.5) is 10.1 Å². The number of non-ortho nitro benzene ring substituents is 1. The summed E-state index contributed by atoms with van der Waals surface area (Å²) in [5.74, 6) is -1.58. The van der Waals surface area contributed by atoms with Crippen molar-refractivity contribution < 1.29 is 31.4 Å². The molecule has 0 aliphatic rings. The summed E-state index contributed by atoms with van der Waals surface area (Å²) in [4.78, 5) is 21.9. The highest BCUT2D eigenvalue weighted by Gasteiger charge is 2.20. The number of hydrogen-bond acceptors (Lipinski definition) is 8. The van der Waals surface area contributed by atoms with Crippen LogP contribution >= 0.6 is 0 Å². The minimum absolute atomic E-state index is 0.0281. The zero-order chi connectivity index (χ0) is 23.3. The van der Waals surface area contributed by atoms with Crippen molar-refractivity contribution in [2.75, 3.05) is 0 Å². The summed E-state index contributed by atoms with van der Waals surface area (Å²) in [6.07, 6.45) is 0. The topological polar surface area (TPSA) is 137 Å². The van der Waals surface area contributed by atoms with Gasteiger partial charge in [-0.1, -0.05) is 6.07 Å². The van der Waals surface area contributed by atoms with Crippen molar-refractivity contribution in [3.8, 4) is 11.8 Å². The first-order valence-electron chi connectivity index (χ1n) is 8.84. The fraction of sp³-hybridized carbons (Fsp3) is 0.0476. The van der Waals surface area contributed by atoms with Gasteiger partial charge in [0.15, 0.2) is 0 Å². The van der Waals surface area contributed by atoms with Gasteiger partial charge in [0.25, 0.3) is 5.69 Å². The van der Waals surface area contributed by atoms with Crippen LogP contribution in [0.5, 0.6) is 5.75 Å². The number of rotatable bonds is 7. The van der Waals surface area contributed by atoms with Gasteiger partial charge in [0.1, 0.15) is 23.1 Å². The van der Waals surface area contributed by atoms with E-state index in [1.54, 1.807) is 0 Å². The molecule has 0 aliphatic carbocycles. The monoisotopic (exact) mass is 456 g/mol. The van der Waals surface area contributed by atoms with Gasteiger partial charge in [0.2, 0.25) is 0 Å². The fourth-order valence-electron chi connectivity index (χ4n) is 2.56. The second kappa shape index (κ2) is 9.23. The number of nitriles is 1. The molecule has 162 valence electrons. The van der Waals surface area contributed by atoms with Crippen LogP contribution < -0.4 is 4.18 Å². The Labute approximate surface area is 181 Å². The van der Waals surface area contributed by atoms with Crippen LogP contribution in [-0.4, -0.2) is 19.3 Å². The molecule has 0 unspecified atom stereocenters. The molecular formula is C21H13FN2O7S. The van der Waals surface area contributed by atoms with E-state index in [2.05, 4.69) is 0 Å². The number of ether oxygens (including phenoxy) is 1. The third-order valence-electron chi connectivity index (χ3n) is 4.15. The van der Waals surface area contributed by atoms with Crippen molar-refractivity contribution >= 4 is 21.8 Å². The fourth-order valence-corrected chi connectivity index (χ4v) is 3.53. The number of nitrogens with zero attached hydrogens (tertiary/aromatic N) is 2. The molecule has 3 rings (SSSR count). The third kappa shape index (κ3) is 5.24. The van der Waals surface area contributed by atoms with E-state index in [1.807, 2.05) is 6.07 Å². The number of nitro benzene ring substituents is 1. The summed E-state index contributed by atoms with van der Waals surface area (Å²) in [5, 5.41) is 19.7. The molecule has 0 aliphatic heterocycles. The number of carbonyl (C=O) groups excluding carboxylic acids is 1. The van der Waals surface area contributed by atoms with Crippen molar-refractivity contribution in [3.05, 3.63) is 99.4 Å². The minimum atomic E-state index is -4.35. The van der Waals surface area contributed by atoms with Crippen LogP contribution in [0.15, 0.2) is 71.6 Å². The Balaban J connectivity index is 1.68. The van der Waals surface area contributed by atoms with E-state index >= 15 is 0 Å². The highest BCUT2D eigenvalue weighted by Crippen LogP contribution is 2.23. The molecule has 0 atom stereocenters. The van der Waals surface area contributed by atoms with E-state index in [9.17, 15) is 27.7 Å². The molecule has 0 amide bonds. The van der Waals surface area contributed by atoms with Crippen molar-refractivity contribution in [2.24, 2.45) is 0 Å². The van der Waals surface area contributed by atoms with E-state index in [1.165, 1.54) is 42.5 Å². The molecule has 0 bridgehead atoms. The number of benzene rings is 3. The quantitative estimate of drug-likeness (QED) is 0.227. The van der Waals surface area contributed by atoms with Gasteiger partial charge in [-0.2, -0.15) is 13.7 Å². The van der Waals surface area contributed by atoms with Gasteiger partial charge in [-0.3, -0.25) is 10.1 Å². The van der Waals surface area contributed by atoms with E-state index < -0.39 is 44.0 Å². The van der Waals surface area contributed by atoms with E-state index in [-0.39, 0.29) is 22.4 Å². The zero-order valence-corrected chi connectivity index (χ0v) is 16.9. The summed E-state index contributed by atoms with van der Waals surface area (Å²) in [6, 6.07) is 14.7. The number of halogens is 1. The Morgan fingerprint density at radius 1 is 1.09 bits per heavy atom. The SMILES string of the molecule is N#Cc1ccc(F)c(COC(=O)c2ccc(OS(=O)(=O)c3cccc([N+](=O)[O-])c3)cc2)c1. The first-order chi connectivity index (χ1) is 15.2.